The van der Waals surface area contributed by atoms with E-state index in [2.05, 4.69) is 32.1 Å². The van der Waals surface area contributed by atoms with Gasteiger partial charge in [-0.05, 0) is 29.8 Å². The summed E-state index contributed by atoms with van der Waals surface area (Å²) in [5.74, 6) is -0.738. The van der Waals surface area contributed by atoms with Crippen LogP contribution in [0.25, 0.3) is 0 Å². The molecule has 100 valence electrons. The lowest BCUT2D eigenvalue weighted by Gasteiger charge is -2.09. The molecular weight excluding hydrogens is 310 g/mol. The molecule has 1 fully saturated rings. The molecule has 1 aromatic carbocycles. The molecule has 5 nitrogen and oxygen atoms in total. The fourth-order valence-corrected chi connectivity index (χ4v) is 2.14. The Labute approximate surface area is 119 Å². The molecule has 1 aliphatic rings. The molecule has 2 rings (SSSR count). The van der Waals surface area contributed by atoms with E-state index < -0.39 is 0 Å². The van der Waals surface area contributed by atoms with Gasteiger partial charge < -0.3 is 16.2 Å². The van der Waals surface area contributed by atoms with Gasteiger partial charge in [0.2, 0.25) is 5.78 Å². The van der Waals surface area contributed by atoms with Crippen molar-refractivity contribution < 1.29 is 9.59 Å². The first-order chi connectivity index (χ1) is 9.20. The number of ketones is 1. The van der Waals surface area contributed by atoms with Crippen molar-refractivity contribution in [3.63, 3.8) is 0 Å². The number of rotatable bonds is 5. The topological polar surface area (TPSA) is 70.2 Å². The Morgan fingerprint density at radius 3 is 2.79 bits per heavy atom. The number of anilines is 1. The highest BCUT2D eigenvalue weighted by Gasteiger charge is 2.26. The molecule has 0 radical (unpaired) electrons. The van der Waals surface area contributed by atoms with Gasteiger partial charge in [0, 0.05) is 23.8 Å². The Morgan fingerprint density at radius 1 is 1.37 bits per heavy atom. The average molecular weight is 324 g/mol. The molecule has 1 heterocycles. The number of Topliss-reactive ketones (excluding diaryl/α,β-unsaturated/α-hetero) is 1. The van der Waals surface area contributed by atoms with E-state index in [9.17, 15) is 9.59 Å². The van der Waals surface area contributed by atoms with Crippen molar-refractivity contribution >= 4 is 33.7 Å². The van der Waals surface area contributed by atoms with Gasteiger partial charge in [-0.1, -0.05) is 15.9 Å². The van der Waals surface area contributed by atoms with E-state index in [-0.39, 0.29) is 11.7 Å². The van der Waals surface area contributed by atoms with Gasteiger partial charge in [-0.25, -0.2) is 0 Å². The average Bonchev–Trinajstić information content (AvgIpc) is 2.88. The zero-order chi connectivity index (χ0) is 13.7. The van der Waals surface area contributed by atoms with Crippen LogP contribution in [0.1, 0.15) is 0 Å². The third kappa shape index (κ3) is 3.65. The minimum atomic E-state index is -0.387. The largest absolute Gasteiger partial charge is 0.312 e. The monoisotopic (exact) mass is 323 g/mol. The van der Waals surface area contributed by atoms with Crippen molar-refractivity contribution in [2.45, 2.75) is 0 Å². The second-order valence-electron chi connectivity index (χ2n) is 4.20. The predicted octanol–water partition coefficient (Wildman–Crippen LogP) is 1.24. The van der Waals surface area contributed by atoms with Gasteiger partial charge in [0.05, 0.1) is 11.6 Å². The van der Waals surface area contributed by atoms with Gasteiger partial charge in [-0.2, -0.15) is 0 Å². The van der Waals surface area contributed by atoms with Crippen molar-refractivity contribution in [3.05, 3.63) is 40.5 Å². The minimum Gasteiger partial charge on any atom is -0.312 e. The lowest BCUT2D eigenvalue weighted by Crippen LogP contribution is -2.21. The van der Waals surface area contributed by atoms with Crippen molar-refractivity contribution in [2.75, 3.05) is 18.5 Å². The minimum absolute atomic E-state index is 0.350. The lowest BCUT2D eigenvalue weighted by molar-refractivity contribution is -0.131. The fraction of sp³-hybridized carbons (Fsp3) is 0.231. The molecule has 0 amide bonds. The molecule has 0 aromatic heterocycles. The molecular formula is C13H14BrN3O2. The zero-order valence-corrected chi connectivity index (χ0v) is 11.7. The van der Waals surface area contributed by atoms with Crippen molar-refractivity contribution in [3.8, 4) is 0 Å². The van der Waals surface area contributed by atoms with Crippen LogP contribution >= 0.6 is 15.9 Å². The van der Waals surface area contributed by atoms with E-state index in [1.807, 2.05) is 24.3 Å². The van der Waals surface area contributed by atoms with Crippen LogP contribution in [0.4, 0.5) is 5.69 Å². The van der Waals surface area contributed by atoms with Crippen LogP contribution in [-0.2, 0) is 9.59 Å². The Kier molecular flexibility index (Phi) is 4.70. The summed E-state index contributed by atoms with van der Waals surface area (Å²) in [6.07, 6.45) is 2.11. The summed E-state index contributed by atoms with van der Waals surface area (Å²) < 4.78 is 1.01. The summed E-state index contributed by atoms with van der Waals surface area (Å²) in [6, 6.07) is 7.67. The van der Waals surface area contributed by atoms with Crippen LogP contribution in [0.2, 0.25) is 0 Å². The molecule has 1 saturated heterocycles. The highest BCUT2D eigenvalue weighted by molar-refractivity contribution is 9.10. The Hall–Kier alpha value is -1.66. The standard InChI is InChI=1S/C13H14BrN3O2/c14-10-1-3-11(4-2-10)17-16-6-9-5-15-7-12(9)13(19)8-18/h1-4,6,8,12,15-17H,5,7H2. The number of hydrogen-bond donors (Lipinski definition) is 3. The molecule has 19 heavy (non-hydrogen) atoms. The maximum Gasteiger partial charge on any atom is 0.203 e. The van der Waals surface area contributed by atoms with Crippen LogP contribution in [0.3, 0.4) is 0 Å². The highest BCUT2D eigenvalue weighted by atomic mass is 79.9. The fourth-order valence-electron chi connectivity index (χ4n) is 1.88. The first-order valence-electron chi connectivity index (χ1n) is 5.86. The van der Waals surface area contributed by atoms with Crippen molar-refractivity contribution in [2.24, 2.45) is 5.92 Å². The smallest absolute Gasteiger partial charge is 0.203 e. The van der Waals surface area contributed by atoms with Crippen LogP contribution in [0, 0.1) is 5.92 Å². The number of hydrazine groups is 1. The quantitative estimate of drug-likeness (QED) is 0.432. The lowest BCUT2D eigenvalue weighted by atomic mass is 10.00. The molecule has 0 spiro atoms. The van der Waals surface area contributed by atoms with Crippen LogP contribution in [0.15, 0.2) is 40.5 Å². The van der Waals surface area contributed by atoms with Crippen LogP contribution in [-0.4, -0.2) is 25.2 Å². The Morgan fingerprint density at radius 2 is 2.11 bits per heavy atom. The summed E-state index contributed by atoms with van der Waals surface area (Å²) in [4.78, 5) is 21.9. The number of halogens is 1. The van der Waals surface area contributed by atoms with E-state index in [0.717, 1.165) is 15.7 Å². The summed E-state index contributed by atoms with van der Waals surface area (Å²) in [7, 11) is 0. The molecule has 0 bridgehead atoms. The molecule has 0 saturated carbocycles. The highest BCUT2D eigenvalue weighted by Crippen LogP contribution is 2.16. The molecule has 1 aromatic rings. The van der Waals surface area contributed by atoms with E-state index in [1.165, 1.54) is 0 Å². The predicted molar refractivity (Wildman–Crippen MR) is 76.4 cm³/mol. The number of benzene rings is 1. The summed E-state index contributed by atoms with van der Waals surface area (Å²) in [6.45, 7) is 1.13. The molecule has 0 aliphatic carbocycles. The van der Waals surface area contributed by atoms with Gasteiger partial charge in [0.1, 0.15) is 0 Å². The number of nitrogens with one attached hydrogen (secondary N) is 3. The van der Waals surface area contributed by atoms with Crippen molar-refractivity contribution in [1.29, 1.82) is 0 Å². The van der Waals surface area contributed by atoms with Gasteiger partial charge >= 0.3 is 0 Å². The summed E-state index contributed by atoms with van der Waals surface area (Å²) in [5.41, 5.74) is 7.72. The Balaban J connectivity index is 1.93. The first-order valence-corrected chi connectivity index (χ1v) is 6.66. The van der Waals surface area contributed by atoms with E-state index in [1.54, 1.807) is 6.20 Å². The van der Waals surface area contributed by atoms with Gasteiger partial charge in [0.15, 0.2) is 6.29 Å². The third-order valence-corrected chi connectivity index (χ3v) is 3.43. The second kappa shape index (κ2) is 6.49. The molecule has 1 unspecified atom stereocenters. The van der Waals surface area contributed by atoms with Gasteiger partial charge in [-0.3, -0.25) is 9.59 Å². The maximum absolute atomic E-state index is 11.4. The zero-order valence-electron chi connectivity index (χ0n) is 10.2. The van der Waals surface area contributed by atoms with E-state index in [4.69, 9.17) is 0 Å². The van der Waals surface area contributed by atoms with Gasteiger partial charge in [0.25, 0.3) is 0 Å². The number of hydrogen-bond acceptors (Lipinski definition) is 5. The Bertz CT molecular complexity index is 499. The van der Waals surface area contributed by atoms with Crippen LogP contribution < -0.4 is 16.2 Å². The molecule has 6 heteroatoms. The van der Waals surface area contributed by atoms with Gasteiger partial charge in [-0.15, -0.1) is 0 Å². The first kappa shape index (κ1) is 13.8. The van der Waals surface area contributed by atoms with Crippen LogP contribution in [0.5, 0.6) is 0 Å². The molecule has 1 atom stereocenters. The molecule has 1 aliphatic heterocycles. The third-order valence-electron chi connectivity index (χ3n) is 2.90. The van der Waals surface area contributed by atoms with E-state index >= 15 is 0 Å². The summed E-state index contributed by atoms with van der Waals surface area (Å²) in [5, 5.41) is 3.07. The molecule has 3 N–H and O–H groups in total. The van der Waals surface area contributed by atoms with E-state index in [0.29, 0.717) is 19.4 Å². The number of carbonyl (C=O) groups excluding carboxylic acids is 2. The maximum atomic E-state index is 11.4. The summed E-state index contributed by atoms with van der Waals surface area (Å²) >= 11 is 3.36. The SMILES string of the molecule is O=CC(=O)C1CNCC1=CNNc1ccc(Br)cc1. The second-order valence-corrected chi connectivity index (χ2v) is 5.11. The number of aldehydes is 1. The van der Waals surface area contributed by atoms with Crippen molar-refractivity contribution in [1.82, 2.24) is 10.7 Å². The number of carbonyl (C=O) groups is 2. The normalized spacial score (nSPS) is 20.3.